The summed E-state index contributed by atoms with van der Waals surface area (Å²) in [6.07, 6.45) is 0.756. The topological polar surface area (TPSA) is 51.2 Å². The number of nitrogens with one attached hydrogen (secondary N) is 1. The van der Waals surface area contributed by atoms with Crippen LogP contribution in [0.25, 0.3) is 0 Å². The Hall–Kier alpha value is -0.650. The molecular weight excluding hydrogens is 236 g/mol. The van der Waals surface area contributed by atoms with Crippen molar-refractivity contribution in [2.24, 2.45) is 0 Å². The molecule has 0 aromatic carbocycles. The van der Waals surface area contributed by atoms with E-state index >= 15 is 0 Å². The van der Waals surface area contributed by atoms with Gasteiger partial charge in [0.25, 0.3) is 5.91 Å². The summed E-state index contributed by atoms with van der Waals surface area (Å²) < 4.78 is 5.25. The predicted octanol–water partition coefficient (Wildman–Crippen LogP) is 1.27. The second-order valence-corrected chi connectivity index (χ2v) is 4.53. The molecule has 1 atom stereocenters. The third-order valence-corrected chi connectivity index (χ3v) is 3.50. The Labute approximate surface area is 96.6 Å². The van der Waals surface area contributed by atoms with Gasteiger partial charge in [-0.1, -0.05) is 0 Å². The summed E-state index contributed by atoms with van der Waals surface area (Å²) in [7, 11) is 0. The van der Waals surface area contributed by atoms with Crippen LogP contribution in [0.5, 0.6) is 0 Å². The zero-order valence-electron chi connectivity index (χ0n) is 8.03. The van der Waals surface area contributed by atoms with Gasteiger partial charge in [0.15, 0.2) is 0 Å². The summed E-state index contributed by atoms with van der Waals surface area (Å²) >= 11 is 7.25. The molecule has 2 heterocycles. The molecular formula is C9H11ClN2O2S. The van der Waals surface area contributed by atoms with Gasteiger partial charge in [0.2, 0.25) is 0 Å². The second-order valence-electron chi connectivity index (χ2n) is 3.54. The normalized spacial score (nSPS) is 25.4. The molecule has 0 bridgehead atoms. The third kappa shape index (κ3) is 2.30. The Kier molecular flexibility index (Phi) is 3.23. The van der Waals surface area contributed by atoms with Crippen LogP contribution >= 0.6 is 22.9 Å². The minimum Gasteiger partial charge on any atom is -0.379 e. The Morgan fingerprint density at radius 3 is 3.20 bits per heavy atom. The molecule has 1 unspecified atom stereocenters. The first kappa shape index (κ1) is 10.9. The van der Waals surface area contributed by atoms with Gasteiger partial charge in [0.05, 0.1) is 17.7 Å². The highest BCUT2D eigenvalue weighted by atomic mass is 35.5. The van der Waals surface area contributed by atoms with Gasteiger partial charge in [-0.25, -0.2) is 4.98 Å². The molecule has 1 saturated heterocycles. The van der Waals surface area contributed by atoms with E-state index in [0.29, 0.717) is 24.8 Å². The zero-order valence-corrected chi connectivity index (χ0v) is 9.61. The fourth-order valence-corrected chi connectivity index (χ4v) is 2.28. The number of carbonyl (C=O) groups is 1. The van der Waals surface area contributed by atoms with Crippen molar-refractivity contribution >= 4 is 28.8 Å². The van der Waals surface area contributed by atoms with E-state index in [-0.39, 0.29) is 5.91 Å². The second kappa shape index (κ2) is 4.47. The molecule has 0 spiro atoms. The monoisotopic (exact) mass is 246 g/mol. The summed E-state index contributed by atoms with van der Waals surface area (Å²) in [5, 5.41) is 4.61. The van der Waals surface area contributed by atoms with E-state index in [2.05, 4.69) is 10.3 Å². The maximum Gasteiger partial charge on any atom is 0.271 e. The number of ether oxygens (including phenoxy) is 1. The van der Waals surface area contributed by atoms with Crippen LogP contribution in [0, 0.1) is 0 Å². The van der Waals surface area contributed by atoms with E-state index in [9.17, 15) is 4.79 Å². The van der Waals surface area contributed by atoms with Crippen LogP contribution in [0.3, 0.4) is 0 Å². The lowest BCUT2D eigenvalue weighted by molar-refractivity contribution is 0.0887. The van der Waals surface area contributed by atoms with Crippen molar-refractivity contribution in [3.63, 3.8) is 0 Å². The maximum atomic E-state index is 11.7. The molecule has 1 aliphatic heterocycles. The van der Waals surface area contributed by atoms with Gasteiger partial charge >= 0.3 is 0 Å². The minimum absolute atomic E-state index is 0.178. The summed E-state index contributed by atoms with van der Waals surface area (Å²) in [6.45, 7) is 1.12. The van der Waals surface area contributed by atoms with Crippen molar-refractivity contribution in [3.05, 3.63) is 16.6 Å². The molecule has 1 fully saturated rings. The molecule has 1 aliphatic rings. The first-order valence-electron chi connectivity index (χ1n) is 4.60. The van der Waals surface area contributed by atoms with E-state index in [0.717, 1.165) is 6.42 Å². The highest BCUT2D eigenvalue weighted by Gasteiger charge is 2.36. The third-order valence-electron chi connectivity index (χ3n) is 2.40. The number of thiazole rings is 1. The summed E-state index contributed by atoms with van der Waals surface area (Å²) in [4.78, 5) is 15.7. The number of nitrogens with zero attached hydrogens (tertiary/aromatic N) is 1. The van der Waals surface area contributed by atoms with Gasteiger partial charge in [-0.2, -0.15) is 0 Å². The summed E-state index contributed by atoms with van der Waals surface area (Å²) in [5.74, 6) is 0.186. The number of amides is 1. The zero-order chi connectivity index (χ0) is 10.7. The maximum absolute atomic E-state index is 11.7. The lowest BCUT2D eigenvalue weighted by atomic mass is 10.0. The van der Waals surface area contributed by atoms with Crippen LogP contribution < -0.4 is 5.32 Å². The van der Waals surface area contributed by atoms with Gasteiger partial charge in [0.1, 0.15) is 5.69 Å². The first-order valence-corrected chi connectivity index (χ1v) is 6.08. The van der Waals surface area contributed by atoms with Crippen LogP contribution in [0.4, 0.5) is 0 Å². The van der Waals surface area contributed by atoms with Crippen molar-refractivity contribution in [2.45, 2.75) is 12.0 Å². The van der Waals surface area contributed by atoms with Gasteiger partial charge in [-0.05, 0) is 6.42 Å². The van der Waals surface area contributed by atoms with Crippen LogP contribution in [0.2, 0.25) is 0 Å². The largest absolute Gasteiger partial charge is 0.379 e. The number of hydrogen-bond donors (Lipinski definition) is 1. The molecule has 1 aromatic rings. The Balaban J connectivity index is 2.04. The highest BCUT2D eigenvalue weighted by molar-refractivity contribution is 7.07. The molecule has 82 valence electrons. The van der Waals surface area contributed by atoms with Gasteiger partial charge < -0.3 is 10.1 Å². The molecule has 4 nitrogen and oxygen atoms in total. The molecule has 0 radical (unpaired) electrons. The predicted molar refractivity (Wildman–Crippen MR) is 58.5 cm³/mol. The Morgan fingerprint density at radius 2 is 2.67 bits per heavy atom. The van der Waals surface area contributed by atoms with Gasteiger partial charge in [-0.3, -0.25) is 4.79 Å². The SMILES string of the molecule is O=C(NC1(CCl)CCOC1)c1cscn1. The lowest BCUT2D eigenvalue weighted by Gasteiger charge is -2.25. The molecule has 1 aromatic heterocycles. The van der Waals surface area contributed by atoms with E-state index in [4.69, 9.17) is 16.3 Å². The molecule has 6 heteroatoms. The van der Waals surface area contributed by atoms with Crippen LogP contribution in [0.1, 0.15) is 16.9 Å². The smallest absolute Gasteiger partial charge is 0.271 e. The van der Waals surface area contributed by atoms with E-state index < -0.39 is 5.54 Å². The number of alkyl halides is 1. The highest BCUT2D eigenvalue weighted by Crippen LogP contribution is 2.20. The van der Waals surface area contributed by atoms with Crippen LogP contribution in [0.15, 0.2) is 10.9 Å². The standard InChI is InChI=1S/C9H11ClN2O2S/c10-4-9(1-2-14-5-9)12-8(13)7-3-15-6-11-7/h3,6H,1-2,4-5H2,(H,12,13). The molecule has 15 heavy (non-hydrogen) atoms. The van der Waals surface area contributed by atoms with Gasteiger partial charge in [-0.15, -0.1) is 22.9 Å². The quantitative estimate of drug-likeness (QED) is 0.818. The van der Waals surface area contributed by atoms with E-state index in [1.165, 1.54) is 11.3 Å². The van der Waals surface area contributed by atoms with Crippen molar-refractivity contribution in [2.75, 3.05) is 19.1 Å². The average Bonchev–Trinajstić information content (AvgIpc) is 2.88. The number of aromatic nitrogens is 1. The average molecular weight is 247 g/mol. The molecule has 0 saturated carbocycles. The summed E-state index contributed by atoms with van der Waals surface area (Å²) in [5.41, 5.74) is 1.66. The van der Waals surface area contributed by atoms with Crippen molar-refractivity contribution in [1.29, 1.82) is 0 Å². The van der Waals surface area contributed by atoms with Crippen LogP contribution in [-0.2, 0) is 4.74 Å². The van der Waals surface area contributed by atoms with Crippen LogP contribution in [-0.4, -0.2) is 35.5 Å². The number of rotatable bonds is 3. The lowest BCUT2D eigenvalue weighted by Crippen LogP contribution is -2.50. The summed E-state index contributed by atoms with van der Waals surface area (Å²) in [6, 6.07) is 0. The number of carbonyl (C=O) groups excluding carboxylic acids is 1. The fourth-order valence-electron chi connectivity index (χ4n) is 1.47. The molecule has 1 N–H and O–H groups in total. The van der Waals surface area contributed by atoms with E-state index in [1.54, 1.807) is 10.9 Å². The van der Waals surface area contributed by atoms with Crippen molar-refractivity contribution < 1.29 is 9.53 Å². The molecule has 1 amide bonds. The molecule has 2 rings (SSSR count). The van der Waals surface area contributed by atoms with E-state index in [1.807, 2.05) is 0 Å². The first-order chi connectivity index (χ1) is 7.26. The molecule has 0 aliphatic carbocycles. The van der Waals surface area contributed by atoms with Crippen molar-refractivity contribution in [1.82, 2.24) is 10.3 Å². The fraction of sp³-hybridized carbons (Fsp3) is 0.556. The Bertz CT molecular complexity index is 336. The Morgan fingerprint density at radius 1 is 1.80 bits per heavy atom. The number of hydrogen-bond acceptors (Lipinski definition) is 4. The van der Waals surface area contributed by atoms with Gasteiger partial charge in [0, 0.05) is 17.9 Å². The van der Waals surface area contributed by atoms with Crippen molar-refractivity contribution in [3.8, 4) is 0 Å². The number of halogens is 1. The minimum atomic E-state index is -0.414.